The molecule has 1 heterocycles. The zero-order chi connectivity index (χ0) is 20.9. The van der Waals surface area contributed by atoms with Gasteiger partial charge in [-0.2, -0.15) is 28.1 Å². The van der Waals surface area contributed by atoms with E-state index in [-0.39, 0.29) is 17.9 Å². The Kier molecular flexibility index (Phi) is 6.16. The Bertz CT molecular complexity index is 946. The van der Waals surface area contributed by atoms with Crippen LogP contribution in [-0.4, -0.2) is 21.5 Å². The molecule has 4 N–H and O–H groups in total. The predicted molar refractivity (Wildman–Crippen MR) is 106 cm³/mol. The second-order valence-corrected chi connectivity index (χ2v) is 6.49. The lowest BCUT2D eigenvalue weighted by molar-refractivity contribution is -0.137. The topological polar surface area (TPSA) is 88.8 Å². The summed E-state index contributed by atoms with van der Waals surface area (Å²) in [6.07, 6.45) is -3.99. The van der Waals surface area contributed by atoms with Crippen molar-refractivity contribution in [3.05, 3.63) is 71.3 Å². The molecular formula is C20H21F3N6. The van der Waals surface area contributed by atoms with Crippen molar-refractivity contribution in [3.8, 4) is 0 Å². The number of alkyl halides is 3. The molecule has 6 nitrogen and oxygen atoms in total. The zero-order valence-corrected chi connectivity index (χ0v) is 15.7. The summed E-state index contributed by atoms with van der Waals surface area (Å²) in [4.78, 5) is 12.4. The molecule has 0 aliphatic heterocycles. The van der Waals surface area contributed by atoms with Crippen molar-refractivity contribution in [1.82, 2.24) is 15.0 Å². The van der Waals surface area contributed by atoms with Crippen LogP contribution >= 0.6 is 0 Å². The molecule has 0 aliphatic rings. The fraction of sp³-hybridized carbons (Fsp3) is 0.250. The van der Waals surface area contributed by atoms with Gasteiger partial charge in [0.1, 0.15) is 0 Å². The third kappa shape index (κ3) is 5.81. The van der Waals surface area contributed by atoms with Crippen LogP contribution in [0.25, 0.3) is 0 Å². The number of anilines is 3. The summed E-state index contributed by atoms with van der Waals surface area (Å²) in [5, 5.41) is 6.15. The highest BCUT2D eigenvalue weighted by atomic mass is 19.4. The highest BCUT2D eigenvalue weighted by molar-refractivity contribution is 5.41. The fourth-order valence-electron chi connectivity index (χ4n) is 2.78. The summed E-state index contributed by atoms with van der Waals surface area (Å²) >= 11 is 0. The van der Waals surface area contributed by atoms with Gasteiger partial charge in [0.15, 0.2) is 0 Å². The summed E-state index contributed by atoms with van der Waals surface area (Å²) in [7, 11) is 0. The summed E-state index contributed by atoms with van der Waals surface area (Å²) in [6.45, 7) is 2.31. The molecule has 0 radical (unpaired) electrons. The quantitative estimate of drug-likeness (QED) is 0.546. The Morgan fingerprint density at radius 1 is 0.966 bits per heavy atom. The van der Waals surface area contributed by atoms with Crippen molar-refractivity contribution in [1.29, 1.82) is 0 Å². The van der Waals surface area contributed by atoms with Crippen LogP contribution in [0.3, 0.4) is 0 Å². The summed E-state index contributed by atoms with van der Waals surface area (Å²) in [5.41, 5.74) is 6.71. The van der Waals surface area contributed by atoms with Gasteiger partial charge in [-0.1, -0.05) is 48.5 Å². The largest absolute Gasteiger partial charge is 0.416 e. The molecule has 0 unspecified atom stereocenters. The minimum Gasteiger partial charge on any atom is -0.368 e. The molecule has 9 heteroatoms. The number of nitrogens with zero attached hydrogens (tertiary/aromatic N) is 3. The van der Waals surface area contributed by atoms with E-state index in [1.165, 1.54) is 6.07 Å². The van der Waals surface area contributed by atoms with E-state index >= 15 is 0 Å². The highest BCUT2D eigenvalue weighted by Gasteiger charge is 2.30. The fourth-order valence-corrected chi connectivity index (χ4v) is 2.78. The van der Waals surface area contributed by atoms with Crippen molar-refractivity contribution in [2.24, 2.45) is 0 Å². The second-order valence-electron chi connectivity index (χ2n) is 6.49. The van der Waals surface area contributed by atoms with Crippen molar-refractivity contribution in [2.45, 2.75) is 25.6 Å². The van der Waals surface area contributed by atoms with E-state index < -0.39 is 11.7 Å². The van der Waals surface area contributed by atoms with Gasteiger partial charge in [0.05, 0.1) is 11.6 Å². The Labute approximate surface area is 166 Å². The molecule has 2 aromatic carbocycles. The van der Waals surface area contributed by atoms with Gasteiger partial charge in [-0.3, -0.25) is 0 Å². The van der Waals surface area contributed by atoms with Gasteiger partial charge < -0.3 is 16.4 Å². The number of nitrogens with two attached hydrogens (primary N) is 1. The maximum absolute atomic E-state index is 12.8. The van der Waals surface area contributed by atoms with E-state index in [9.17, 15) is 13.2 Å². The van der Waals surface area contributed by atoms with Crippen molar-refractivity contribution < 1.29 is 13.2 Å². The van der Waals surface area contributed by atoms with Crippen LogP contribution in [0.4, 0.5) is 31.0 Å². The van der Waals surface area contributed by atoms with Crippen LogP contribution in [-0.2, 0) is 12.6 Å². The van der Waals surface area contributed by atoms with Crippen LogP contribution in [0.2, 0.25) is 0 Å². The maximum Gasteiger partial charge on any atom is 0.416 e. The average Bonchev–Trinajstić information content (AvgIpc) is 2.68. The van der Waals surface area contributed by atoms with E-state index in [2.05, 4.69) is 25.6 Å². The van der Waals surface area contributed by atoms with Gasteiger partial charge in [-0.15, -0.1) is 0 Å². The third-order valence-corrected chi connectivity index (χ3v) is 4.25. The lowest BCUT2D eigenvalue weighted by Crippen LogP contribution is -2.15. The third-order valence-electron chi connectivity index (χ3n) is 4.25. The number of hydrogen-bond donors (Lipinski definition) is 3. The summed E-state index contributed by atoms with van der Waals surface area (Å²) < 4.78 is 38.4. The number of benzene rings is 2. The molecule has 0 bridgehead atoms. The lowest BCUT2D eigenvalue weighted by Gasteiger charge is -2.15. The first kappa shape index (κ1) is 20.4. The van der Waals surface area contributed by atoms with Crippen LogP contribution in [0.5, 0.6) is 0 Å². The average molecular weight is 402 g/mol. The molecular weight excluding hydrogens is 381 g/mol. The van der Waals surface area contributed by atoms with Crippen molar-refractivity contribution in [3.63, 3.8) is 0 Å². The zero-order valence-electron chi connectivity index (χ0n) is 15.7. The van der Waals surface area contributed by atoms with Crippen LogP contribution < -0.4 is 16.4 Å². The minimum absolute atomic E-state index is 0.0454. The second kappa shape index (κ2) is 8.76. The smallest absolute Gasteiger partial charge is 0.368 e. The molecule has 0 saturated carbocycles. The maximum atomic E-state index is 12.8. The number of rotatable bonds is 7. The first-order valence-corrected chi connectivity index (χ1v) is 9.04. The number of halogens is 3. The first-order chi connectivity index (χ1) is 13.8. The number of nitrogens with one attached hydrogen (secondary N) is 2. The highest BCUT2D eigenvalue weighted by Crippen LogP contribution is 2.29. The van der Waals surface area contributed by atoms with Gasteiger partial charge in [0, 0.05) is 6.54 Å². The molecule has 3 aromatic rings. The monoisotopic (exact) mass is 402 g/mol. The summed E-state index contributed by atoms with van der Waals surface area (Å²) in [6, 6.07) is 15.0. The molecule has 0 spiro atoms. The van der Waals surface area contributed by atoms with Crippen molar-refractivity contribution in [2.75, 3.05) is 22.9 Å². The molecule has 0 fully saturated rings. The Morgan fingerprint density at radius 2 is 1.69 bits per heavy atom. The molecule has 1 atom stereocenters. The standard InChI is InChI=1S/C20H21F3N6/c1-13(15-7-3-2-4-8-15)26-19-28-17(24)27-18(29-19)25-11-10-14-6-5-9-16(12-14)20(21,22)23/h2-9,12-13H,10-11H2,1H3,(H4,24,25,26,27,28,29)/t13-/m0/s1. The van der Waals surface area contributed by atoms with E-state index in [1.807, 2.05) is 37.3 Å². The van der Waals surface area contributed by atoms with Crippen LogP contribution in [0, 0.1) is 0 Å². The Balaban J connectivity index is 1.62. The Hall–Kier alpha value is -3.36. The van der Waals surface area contributed by atoms with Crippen molar-refractivity contribution >= 4 is 17.8 Å². The number of hydrogen-bond acceptors (Lipinski definition) is 6. The van der Waals surface area contributed by atoms with Gasteiger partial charge in [0.25, 0.3) is 0 Å². The molecule has 0 amide bonds. The van der Waals surface area contributed by atoms with Gasteiger partial charge in [-0.25, -0.2) is 0 Å². The first-order valence-electron chi connectivity index (χ1n) is 9.04. The van der Waals surface area contributed by atoms with Gasteiger partial charge in [-0.05, 0) is 30.5 Å². The van der Waals surface area contributed by atoms with E-state index in [0.717, 1.165) is 17.7 Å². The molecule has 152 valence electrons. The van der Waals surface area contributed by atoms with E-state index in [4.69, 9.17) is 5.73 Å². The van der Waals surface area contributed by atoms with Gasteiger partial charge >= 0.3 is 6.18 Å². The van der Waals surface area contributed by atoms with Crippen LogP contribution in [0.15, 0.2) is 54.6 Å². The van der Waals surface area contributed by atoms with E-state index in [0.29, 0.717) is 24.5 Å². The Morgan fingerprint density at radius 3 is 2.41 bits per heavy atom. The molecule has 29 heavy (non-hydrogen) atoms. The normalized spacial score (nSPS) is 12.4. The van der Waals surface area contributed by atoms with Gasteiger partial charge in [0.2, 0.25) is 17.8 Å². The molecule has 3 rings (SSSR count). The molecule has 0 aliphatic carbocycles. The summed E-state index contributed by atoms with van der Waals surface area (Å²) in [5.74, 6) is 0.618. The SMILES string of the molecule is C[C@H](Nc1nc(N)nc(NCCc2cccc(C(F)(F)F)c2)n1)c1ccccc1. The van der Waals surface area contributed by atoms with E-state index in [1.54, 1.807) is 6.07 Å². The number of aromatic nitrogens is 3. The molecule has 1 aromatic heterocycles. The predicted octanol–water partition coefficient (Wildman–Crippen LogP) is 4.30. The molecule has 0 saturated heterocycles. The van der Waals surface area contributed by atoms with Crippen LogP contribution in [0.1, 0.15) is 29.7 Å². The minimum atomic E-state index is -4.36. The lowest BCUT2D eigenvalue weighted by atomic mass is 10.1. The number of nitrogen functional groups attached to an aromatic ring is 1.